The topological polar surface area (TPSA) is 71.1 Å². The Kier molecular flexibility index (Phi) is 4.70. The third kappa shape index (κ3) is 3.63. The minimum absolute atomic E-state index is 0.112. The van der Waals surface area contributed by atoms with Crippen molar-refractivity contribution in [3.8, 4) is 0 Å². The number of rotatable bonds is 4. The molecular weight excluding hydrogens is 385 g/mol. The van der Waals surface area contributed by atoms with Gasteiger partial charge in [0.2, 0.25) is 0 Å². The minimum atomic E-state index is -4.02. The molecule has 0 aliphatic carbocycles. The maximum atomic E-state index is 13.7. The molecule has 0 unspecified atom stereocenters. The normalized spacial score (nSPS) is 11.2. The van der Waals surface area contributed by atoms with Gasteiger partial charge < -0.3 is 5.32 Å². The quantitative estimate of drug-likeness (QED) is 0.833. The number of anilines is 2. The van der Waals surface area contributed by atoms with Crippen molar-refractivity contribution in [2.45, 2.75) is 4.90 Å². The van der Waals surface area contributed by atoms with Crippen molar-refractivity contribution in [3.05, 3.63) is 45.8 Å². The van der Waals surface area contributed by atoms with Gasteiger partial charge in [-0.1, -0.05) is 11.6 Å². The second-order valence-corrected chi connectivity index (χ2v) is 6.98. The van der Waals surface area contributed by atoms with E-state index in [1.807, 2.05) is 0 Å². The van der Waals surface area contributed by atoms with Gasteiger partial charge in [-0.15, -0.1) is 0 Å². The minimum Gasteiger partial charge on any atom is -0.372 e. The van der Waals surface area contributed by atoms with Crippen LogP contribution in [0.4, 0.5) is 15.9 Å². The van der Waals surface area contributed by atoms with Crippen LogP contribution in [0.2, 0.25) is 5.02 Å². The van der Waals surface area contributed by atoms with Crippen LogP contribution in [0.25, 0.3) is 0 Å². The second kappa shape index (κ2) is 6.17. The van der Waals surface area contributed by atoms with E-state index in [1.165, 1.54) is 31.4 Å². The highest BCUT2D eigenvalue weighted by molar-refractivity contribution is 9.10. The predicted octanol–water partition coefficient (Wildman–Crippen LogP) is 3.48. The lowest BCUT2D eigenvalue weighted by Gasteiger charge is -2.12. The van der Waals surface area contributed by atoms with E-state index >= 15 is 0 Å². The fourth-order valence-electron chi connectivity index (χ4n) is 1.59. The Morgan fingerprint density at radius 2 is 2.05 bits per heavy atom. The Labute approximate surface area is 134 Å². The zero-order valence-electron chi connectivity index (χ0n) is 10.7. The molecule has 0 saturated heterocycles. The fraction of sp³-hybridized carbons (Fsp3) is 0.0833. The van der Waals surface area contributed by atoms with Gasteiger partial charge in [0.1, 0.15) is 16.5 Å². The molecule has 1 heterocycles. The van der Waals surface area contributed by atoms with Crippen LogP contribution in [0.1, 0.15) is 0 Å². The van der Waals surface area contributed by atoms with E-state index in [1.54, 1.807) is 0 Å². The first-order chi connectivity index (χ1) is 9.83. The number of hydrogen-bond donors (Lipinski definition) is 2. The van der Waals surface area contributed by atoms with E-state index in [0.29, 0.717) is 4.47 Å². The number of sulfonamides is 1. The van der Waals surface area contributed by atoms with Crippen LogP contribution in [-0.2, 0) is 10.0 Å². The monoisotopic (exact) mass is 393 g/mol. The van der Waals surface area contributed by atoms with Crippen LogP contribution >= 0.6 is 27.5 Å². The van der Waals surface area contributed by atoms with Gasteiger partial charge in [-0.3, -0.25) is 4.72 Å². The summed E-state index contributed by atoms with van der Waals surface area (Å²) in [5, 5.41) is 2.89. The zero-order chi connectivity index (χ0) is 15.6. The van der Waals surface area contributed by atoms with Crippen molar-refractivity contribution in [3.63, 3.8) is 0 Å². The Bertz CT molecular complexity index is 786. The lowest BCUT2D eigenvalue weighted by atomic mass is 10.3. The standard InChI is InChI=1S/C12H10BrClFN3O2S/c1-16-12-11(4-7(13)6-17-12)21(19,20)18-10-5-8(14)2-3-9(10)15/h2-6,18H,1H3,(H,16,17). The molecule has 2 N–H and O–H groups in total. The van der Waals surface area contributed by atoms with E-state index in [9.17, 15) is 12.8 Å². The van der Waals surface area contributed by atoms with Gasteiger partial charge in [-0.05, 0) is 40.2 Å². The van der Waals surface area contributed by atoms with Gasteiger partial charge in [-0.2, -0.15) is 0 Å². The Morgan fingerprint density at radius 1 is 1.33 bits per heavy atom. The van der Waals surface area contributed by atoms with Gasteiger partial charge >= 0.3 is 0 Å². The van der Waals surface area contributed by atoms with Crippen LogP contribution < -0.4 is 10.0 Å². The maximum Gasteiger partial charge on any atom is 0.265 e. The SMILES string of the molecule is CNc1ncc(Br)cc1S(=O)(=O)Nc1cc(Cl)ccc1F. The summed E-state index contributed by atoms with van der Waals surface area (Å²) in [4.78, 5) is 3.84. The molecule has 1 aromatic carbocycles. The molecule has 2 aromatic rings. The van der Waals surface area contributed by atoms with Crippen molar-refractivity contribution >= 4 is 49.1 Å². The van der Waals surface area contributed by atoms with E-state index in [2.05, 4.69) is 31.0 Å². The zero-order valence-corrected chi connectivity index (χ0v) is 13.9. The van der Waals surface area contributed by atoms with Gasteiger partial charge in [0.25, 0.3) is 10.0 Å². The molecule has 0 amide bonds. The Morgan fingerprint density at radius 3 is 2.71 bits per heavy atom. The summed E-state index contributed by atoms with van der Waals surface area (Å²) in [6, 6.07) is 4.97. The summed E-state index contributed by atoms with van der Waals surface area (Å²) < 4.78 is 41.0. The van der Waals surface area contributed by atoms with Crippen LogP contribution in [-0.4, -0.2) is 20.4 Å². The van der Waals surface area contributed by atoms with Crippen LogP contribution in [0.5, 0.6) is 0 Å². The average molecular weight is 395 g/mol. The predicted molar refractivity (Wildman–Crippen MR) is 83.7 cm³/mol. The Balaban J connectivity index is 2.48. The first kappa shape index (κ1) is 16.0. The lowest BCUT2D eigenvalue weighted by molar-refractivity contribution is 0.598. The number of nitrogens with zero attached hydrogens (tertiary/aromatic N) is 1. The highest BCUT2D eigenvalue weighted by atomic mass is 79.9. The molecule has 5 nitrogen and oxygen atoms in total. The average Bonchev–Trinajstić information content (AvgIpc) is 2.42. The molecule has 1 aromatic heterocycles. The molecule has 0 radical (unpaired) electrons. The molecule has 112 valence electrons. The van der Waals surface area contributed by atoms with Crippen molar-refractivity contribution in [2.24, 2.45) is 0 Å². The van der Waals surface area contributed by atoms with Gasteiger partial charge in [0.05, 0.1) is 5.69 Å². The molecule has 0 aliphatic rings. The highest BCUT2D eigenvalue weighted by Gasteiger charge is 2.21. The van der Waals surface area contributed by atoms with Crippen LogP contribution in [0.3, 0.4) is 0 Å². The van der Waals surface area contributed by atoms with Crippen molar-refractivity contribution in [1.82, 2.24) is 4.98 Å². The third-order valence-electron chi connectivity index (χ3n) is 2.52. The van der Waals surface area contributed by atoms with Crippen molar-refractivity contribution in [1.29, 1.82) is 0 Å². The summed E-state index contributed by atoms with van der Waals surface area (Å²) in [7, 11) is -2.48. The number of hydrogen-bond acceptors (Lipinski definition) is 4. The van der Waals surface area contributed by atoms with Crippen LogP contribution in [0, 0.1) is 5.82 Å². The number of aromatic nitrogens is 1. The molecule has 0 fully saturated rings. The Hall–Kier alpha value is -1.38. The molecule has 0 atom stereocenters. The highest BCUT2D eigenvalue weighted by Crippen LogP contribution is 2.27. The summed E-state index contributed by atoms with van der Waals surface area (Å²) in [5.41, 5.74) is -0.232. The molecule has 9 heteroatoms. The van der Waals surface area contributed by atoms with E-state index in [0.717, 1.165) is 6.07 Å². The summed E-state index contributed by atoms with van der Waals surface area (Å²) in [6.07, 6.45) is 1.45. The molecule has 0 spiro atoms. The first-order valence-electron chi connectivity index (χ1n) is 5.64. The van der Waals surface area contributed by atoms with Gasteiger partial charge in [-0.25, -0.2) is 17.8 Å². The molecule has 2 rings (SSSR count). The molecule has 21 heavy (non-hydrogen) atoms. The molecule has 0 aliphatic heterocycles. The maximum absolute atomic E-state index is 13.7. The number of halogens is 3. The summed E-state index contributed by atoms with van der Waals surface area (Å²) in [5.74, 6) is -0.579. The number of pyridine rings is 1. The van der Waals surface area contributed by atoms with Crippen molar-refractivity contribution < 1.29 is 12.8 Å². The van der Waals surface area contributed by atoms with E-state index < -0.39 is 15.8 Å². The van der Waals surface area contributed by atoms with E-state index in [-0.39, 0.29) is 21.4 Å². The molecule has 0 saturated carbocycles. The lowest BCUT2D eigenvalue weighted by Crippen LogP contribution is -2.16. The smallest absolute Gasteiger partial charge is 0.265 e. The number of nitrogens with one attached hydrogen (secondary N) is 2. The molecule has 0 bridgehead atoms. The molecular formula is C12H10BrClFN3O2S. The number of benzene rings is 1. The van der Waals surface area contributed by atoms with E-state index in [4.69, 9.17) is 11.6 Å². The second-order valence-electron chi connectivity index (χ2n) is 3.98. The van der Waals surface area contributed by atoms with Gasteiger partial charge in [0, 0.05) is 22.7 Å². The van der Waals surface area contributed by atoms with Crippen LogP contribution in [0.15, 0.2) is 39.8 Å². The first-order valence-corrected chi connectivity index (χ1v) is 8.30. The van der Waals surface area contributed by atoms with Gasteiger partial charge in [0.15, 0.2) is 0 Å². The summed E-state index contributed by atoms with van der Waals surface area (Å²) in [6.45, 7) is 0. The largest absolute Gasteiger partial charge is 0.372 e. The van der Waals surface area contributed by atoms with Crippen molar-refractivity contribution in [2.75, 3.05) is 17.1 Å². The fourth-order valence-corrected chi connectivity index (χ4v) is 3.49. The third-order valence-corrected chi connectivity index (χ3v) is 4.57. The summed E-state index contributed by atoms with van der Waals surface area (Å²) >= 11 is 8.89.